The molecule has 1 aliphatic rings. The van der Waals surface area contributed by atoms with Gasteiger partial charge in [0.2, 0.25) is 5.89 Å². The van der Waals surface area contributed by atoms with E-state index in [-0.39, 0.29) is 12.6 Å². The van der Waals surface area contributed by atoms with E-state index in [1.54, 1.807) is 26.4 Å². The number of hydrogen-bond acceptors (Lipinski definition) is 9. The number of likely N-dealkylation sites (N-methyl/N-ethyl adjacent to an activating group) is 1. The standard InChI is InChI=1S/C37H37ClN4O6/c1-21-24(7-5-8-25(21)37-40-30-14-22(19-43)13-29(38)36(30)48-37)26-9-6-10-31-27(26)17-39-42(31)23-15-34(45-3)28(35(16-23)46-4)18-41(2)32-11-12-47-20-33(32)44/h5-10,13-17,32-33,43-44H,11-12,18-20H2,1-4H3/t32-,33+/m1/s1. The highest BCUT2D eigenvalue weighted by Crippen LogP contribution is 2.39. The lowest BCUT2D eigenvalue weighted by molar-refractivity contribution is -0.0606. The van der Waals surface area contributed by atoms with E-state index in [9.17, 15) is 10.2 Å². The topological polar surface area (TPSA) is 115 Å². The van der Waals surface area contributed by atoms with Crippen molar-refractivity contribution in [1.82, 2.24) is 19.7 Å². The Kier molecular flexibility index (Phi) is 8.84. The molecule has 0 bridgehead atoms. The van der Waals surface area contributed by atoms with Crippen molar-refractivity contribution in [2.75, 3.05) is 34.5 Å². The minimum absolute atomic E-state index is 0.0252. The number of methoxy groups -OCH3 is 2. The molecule has 1 aliphatic heterocycles. The summed E-state index contributed by atoms with van der Waals surface area (Å²) in [6.07, 6.45) is 2.07. The van der Waals surface area contributed by atoms with Crippen molar-refractivity contribution in [2.45, 2.75) is 38.6 Å². The Labute approximate surface area is 283 Å². The van der Waals surface area contributed by atoms with Gasteiger partial charge in [0.15, 0.2) is 5.58 Å². The van der Waals surface area contributed by atoms with Crippen molar-refractivity contribution < 1.29 is 28.8 Å². The molecule has 48 heavy (non-hydrogen) atoms. The van der Waals surface area contributed by atoms with Crippen molar-refractivity contribution in [3.8, 4) is 39.8 Å². The summed E-state index contributed by atoms with van der Waals surface area (Å²) in [7, 11) is 5.30. The minimum atomic E-state index is -0.553. The number of aliphatic hydroxyl groups excluding tert-OH is 2. The van der Waals surface area contributed by atoms with E-state index in [1.165, 1.54) is 0 Å². The van der Waals surface area contributed by atoms with Crippen LogP contribution in [0.15, 0.2) is 71.3 Å². The van der Waals surface area contributed by atoms with Crippen LogP contribution in [0.2, 0.25) is 5.02 Å². The number of oxazole rings is 1. The third kappa shape index (κ3) is 5.69. The first kappa shape index (κ1) is 32.1. The normalized spacial score (nSPS) is 16.7. The van der Waals surface area contributed by atoms with E-state index >= 15 is 0 Å². The quantitative estimate of drug-likeness (QED) is 0.177. The zero-order chi connectivity index (χ0) is 33.5. The zero-order valence-electron chi connectivity index (χ0n) is 27.2. The Morgan fingerprint density at radius 3 is 2.48 bits per heavy atom. The van der Waals surface area contributed by atoms with Crippen LogP contribution in [-0.2, 0) is 17.9 Å². The Balaban J connectivity index is 1.26. The van der Waals surface area contributed by atoms with Gasteiger partial charge in [-0.3, -0.25) is 4.90 Å². The average molecular weight is 669 g/mol. The summed E-state index contributed by atoms with van der Waals surface area (Å²) in [5.41, 5.74) is 8.24. The molecule has 0 radical (unpaired) electrons. The van der Waals surface area contributed by atoms with E-state index in [4.69, 9.17) is 40.3 Å². The van der Waals surface area contributed by atoms with Gasteiger partial charge >= 0.3 is 0 Å². The SMILES string of the molecule is COc1cc(-n2ncc3c(-c4cccc(-c5nc6cc(CO)cc(Cl)c6o5)c4C)cccc32)cc(OC)c1CN(C)[C@@H]1CCOC[C@@H]1O. The molecule has 0 saturated carbocycles. The van der Waals surface area contributed by atoms with Crippen LogP contribution in [0.25, 0.3) is 50.3 Å². The average Bonchev–Trinajstić information content (AvgIpc) is 3.74. The highest BCUT2D eigenvalue weighted by Gasteiger charge is 2.29. The Morgan fingerprint density at radius 2 is 1.75 bits per heavy atom. The van der Waals surface area contributed by atoms with E-state index in [2.05, 4.69) is 17.0 Å². The highest BCUT2D eigenvalue weighted by atomic mass is 35.5. The predicted molar refractivity (Wildman–Crippen MR) is 185 cm³/mol. The molecular weight excluding hydrogens is 632 g/mol. The number of ether oxygens (including phenoxy) is 3. The van der Waals surface area contributed by atoms with Crippen LogP contribution in [-0.4, -0.2) is 76.5 Å². The summed E-state index contributed by atoms with van der Waals surface area (Å²) in [4.78, 5) is 6.84. The molecule has 248 valence electrons. The van der Waals surface area contributed by atoms with Crippen LogP contribution < -0.4 is 9.47 Å². The van der Waals surface area contributed by atoms with Crippen LogP contribution in [0.4, 0.5) is 0 Å². The van der Waals surface area contributed by atoms with Gasteiger partial charge in [-0.1, -0.05) is 35.9 Å². The van der Waals surface area contributed by atoms with Crippen LogP contribution in [0, 0.1) is 6.92 Å². The molecule has 4 aromatic carbocycles. The molecule has 1 fully saturated rings. The van der Waals surface area contributed by atoms with Crippen molar-refractivity contribution in [1.29, 1.82) is 0 Å². The number of rotatable bonds is 9. The third-order valence-electron chi connectivity index (χ3n) is 9.26. The number of hydrogen-bond donors (Lipinski definition) is 2. The van der Waals surface area contributed by atoms with Gasteiger partial charge in [0.05, 0.1) is 61.5 Å². The molecule has 0 amide bonds. The zero-order valence-corrected chi connectivity index (χ0v) is 28.0. The first-order valence-corrected chi connectivity index (χ1v) is 16.2. The predicted octanol–water partition coefficient (Wildman–Crippen LogP) is 6.55. The molecule has 11 heteroatoms. The van der Waals surface area contributed by atoms with Gasteiger partial charge in [0, 0.05) is 42.3 Å². The highest BCUT2D eigenvalue weighted by molar-refractivity contribution is 6.34. The molecule has 10 nitrogen and oxygen atoms in total. The number of aliphatic hydroxyl groups is 2. The summed E-state index contributed by atoms with van der Waals surface area (Å²) in [5.74, 6) is 1.80. The van der Waals surface area contributed by atoms with Crippen molar-refractivity contribution in [3.63, 3.8) is 0 Å². The lowest BCUT2D eigenvalue weighted by Gasteiger charge is -2.35. The van der Waals surface area contributed by atoms with Crippen molar-refractivity contribution >= 4 is 33.6 Å². The van der Waals surface area contributed by atoms with Gasteiger partial charge in [-0.25, -0.2) is 9.67 Å². The summed E-state index contributed by atoms with van der Waals surface area (Å²) >= 11 is 6.45. The van der Waals surface area contributed by atoms with Gasteiger partial charge in [0.25, 0.3) is 0 Å². The van der Waals surface area contributed by atoms with Crippen LogP contribution in [0.1, 0.15) is 23.1 Å². The fourth-order valence-corrected chi connectivity index (χ4v) is 7.02. The number of aromatic nitrogens is 3. The van der Waals surface area contributed by atoms with Gasteiger partial charge < -0.3 is 28.8 Å². The molecular formula is C37H37ClN4O6. The van der Waals surface area contributed by atoms with E-state index in [0.29, 0.717) is 58.8 Å². The number of nitrogens with zero attached hydrogens (tertiary/aromatic N) is 4. The summed E-state index contributed by atoms with van der Waals surface area (Å²) in [6, 6.07) is 19.6. The van der Waals surface area contributed by atoms with E-state index in [1.807, 2.05) is 61.2 Å². The number of benzene rings is 4. The Bertz CT molecular complexity index is 2100. The first-order chi connectivity index (χ1) is 23.3. The summed E-state index contributed by atoms with van der Waals surface area (Å²) in [5, 5.41) is 26.4. The van der Waals surface area contributed by atoms with Crippen molar-refractivity contribution in [2.24, 2.45) is 0 Å². The maximum Gasteiger partial charge on any atom is 0.227 e. The molecule has 1 saturated heterocycles. The fourth-order valence-electron chi connectivity index (χ4n) is 6.74. The number of fused-ring (bicyclic) bond motifs is 2. The molecule has 0 aliphatic carbocycles. The molecule has 6 aromatic rings. The second-order valence-corrected chi connectivity index (χ2v) is 12.5. The largest absolute Gasteiger partial charge is 0.496 e. The van der Waals surface area contributed by atoms with Crippen LogP contribution in [0.3, 0.4) is 0 Å². The lowest BCUT2D eigenvalue weighted by Crippen LogP contribution is -2.47. The van der Waals surface area contributed by atoms with Crippen LogP contribution in [0.5, 0.6) is 11.5 Å². The lowest BCUT2D eigenvalue weighted by atomic mass is 9.94. The monoisotopic (exact) mass is 668 g/mol. The molecule has 0 unspecified atom stereocenters. The number of halogens is 1. The summed E-state index contributed by atoms with van der Waals surface area (Å²) < 4.78 is 25.2. The summed E-state index contributed by atoms with van der Waals surface area (Å²) in [6.45, 7) is 3.40. The van der Waals surface area contributed by atoms with E-state index in [0.717, 1.165) is 50.8 Å². The molecule has 2 N–H and O–H groups in total. The Hall–Kier alpha value is -4.45. The smallest absolute Gasteiger partial charge is 0.227 e. The molecule has 0 spiro atoms. The Morgan fingerprint density at radius 1 is 1.02 bits per heavy atom. The molecule has 3 heterocycles. The minimum Gasteiger partial charge on any atom is -0.496 e. The fraction of sp³-hybridized carbons (Fsp3) is 0.297. The molecule has 7 rings (SSSR count). The maximum absolute atomic E-state index is 10.5. The second kappa shape index (κ2) is 13.2. The molecule has 2 atom stereocenters. The maximum atomic E-state index is 10.5. The van der Waals surface area contributed by atoms with Crippen LogP contribution >= 0.6 is 11.6 Å². The third-order valence-corrected chi connectivity index (χ3v) is 9.54. The van der Waals surface area contributed by atoms with Gasteiger partial charge in [-0.2, -0.15) is 5.10 Å². The van der Waals surface area contributed by atoms with Gasteiger partial charge in [-0.05, 0) is 66.9 Å². The second-order valence-electron chi connectivity index (χ2n) is 12.1. The van der Waals surface area contributed by atoms with Gasteiger partial charge in [0.1, 0.15) is 17.0 Å². The van der Waals surface area contributed by atoms with E-state index < -0.39 is 6.10 Å². The molecule has 2 aromatic heterocycles. The first-order valence-electron chi connectivity index (χ1n) is 15.8. The van der Waals surface area contributed by atoms with Crippen molar-refractivity contribution in [3.05, 3.63) is 88.6 Å². The van der Waals surface area contributed by atoms with Gasteiger partial charge in [-0.15, -0.1) is 0 Å².